The van der Waals surface area contributed by atoms with Gasteiger partial charge in [-0.15, -0.1) is 0 Å². The van der Waals surface area contributed by atoms with Crippen LogP contribution in [0.5, 0.6) is 17.4 Å². The van der Waals surface area contributed by atoms with Gasteiger partial charge in [-0.2, -0.15) is 26.3 Å². The van der Waals surface area contributed by atoms with Crippen LogP contribution in [0.4, 0.5) is 26.3 Å². The van der Waals surface area contributed by atoms with Crippen LogP contribution >= 0.6 is 16.1 Å². The third kappa shape index (κ3) is 6.45. The Morgan fingerprint density at radius 3 is 2.41 bits per heavy atom. The van der Waals surface area contributed by atoms with Gasteiger partial charge in [-0.3, -0.25) is 0 Å². The minimum Gasteiger partial charge on any atom is -0.436 e. The van der Waals surface area contributed by atoms with Gasteiger partial charge in [-0.25, -0.2) is 13.7 Å². The quantitative estimate of drug-likeness (QED) is 0.273. The second kappa shape index (κ2) is 9.49. The van der Waals surface area contributed by atoms with E-state index in [0.29, 0.717) is 6.20 Å². The van der Waals surface area contributed by atoms with Crippen molar-refractivity contribution in [2.45, 2.75) is 25.2 Å². The Morgan fingerprint density at radius 1 is 1.09 bits per heavy atom. The van der Waals surface area contributed by atoms with Crippen molar-refractivity contribution in [1.82, 2.24) is 8.91 Å². The fraction of sp³-hybridized carbons (Fsp3) is 0.300. The van der Waals surface area contributed by atoms with E-state index in [1.807, 2.05) is 10.0 Å². The van der Waals surface area contributed by atoms with E-state index in [2.05, 4.69) is 25.9 Å². The molecule has 0 unspecified atom stereocenters. The molecule has 1 aliphatic rings. The Bertz CT molecular complexity index is 1010. The second-order valence-corrected chi connectivity index (χ2v) is 7.80. The molecule has 32 heavy (non-hydrogen) atoms. The fourth-order valence-corrected chi connectivity index (χ4v) is 3.18. The number of carbonyl (C=O) groups excluding carboxylic acids is 1. The summed E-state index contributed by atoms with van der Waals surface area (Å²) in [5.41, 5.74) is 0.498. The first-order chi connectivity index (χ1) is 14.9. The first kappa shape index (κ1) is 24.1. The lowest BCUT2D eigenvalue weighted by atomic mass is 10.0. The van der Waals surface area contributed by atoms with Gasteiger partial charge in [0.2, 0.25) is 0 Å². The number of hydrogen-bond acceptors (Lipinski definition) is 5. The zero-order valence-electron chi connectivity index (χ0n) is 16.1. The molecule has 1 aromatic heterocycles. The zero-order valence-corrected chi connectivity index (χ0v) is 17.7. The van der Waals surface area contributed by atoms with Crippen LogP contribution in [-0.4, -0.2) is 34.1 Å². The van der Waals surface area contributed by atoms with Crippen LogP contribution in [0.1, 0.15) is 24.0 Å². The van der Waals surface area contributed by atoms with Gasteiger partial charge >= 0.3 is 18.3 Å². The summed E-state index contributed by atoms with van der Waals surface area (Å²) in [6.07, 6.45) is -6.37. The number of rotatable bonds is 4. The lowest BCUT2D eigenvalue weighted by Crippen LogP contribution is -2.28. The molecule has 0 bridgehead atoms. The highest BCUT2D eigenvalue weighted by Gasteiger charge is 2.42. The maximum absolute atomic E-state index is 12.9. The van der Waals surface area contributed by atoms with Gasteiger partial charge in [0.1, 0.15) is 5.75 Å². The van der Waals surface area contributed by atoms with Crippen molar-refractivity contribution >= 4 is 28.2 Å². The number of piperidine rings is 1. The minimum atomic E-state index is -5.41. The van der Waals surface area contributed by atoms with E-state index >= 15 is 0 Å². The standard InChI is InChI=1S/C20H15BrF6N2O3/c21-29-6-4-12(5-7-29)8-13-2-1-3-15(9-13)31-17-16(32-18(30)20(25,26)27)10-14(11-28-17)19(22,23)24/h1-3,8-11H,4-7H2. The third-order valence-electron chi connectivity index (χ3n) is 4.37. The topological polar surface area (TPSA) is 51.7 Å². The highest BCUT2D eigenvalue weighted by atomic mass is 79.9. The second-order valence-electron chi connectivity index (χ2n) is 6.80. The lowest BCUT2D eigenvalue weighted by molar-refractivity contribution is -0.189. The molecule has 0 amide bonds. The van der Waals surface area contributed by atoms with Gasteiger partial charge in [-0.05, 0) is 30.5 Å². The molecule has 12 heteroatoms. The number of hydrogen-bond donors (Lipinski definition) is 0. The van der Waals surface area contributed by atoms with E-state index in [1.165, 1.54) is 11.6 Å². The van der Waals surface area contributed by atoms with Crippen molar-refractivity contribution in [2.75, 3.05) is 13.1 Å². The Morgan fingerprint density at radius 2 is 1.78 bits per heavy atom. The predicted molar refractivity (Wildman–Crippen MR) is 105 cm³/mol. The molecule has 2 aromatic rings. The van der Waals surface area contributed by atoms with Crippen LogP contribution in [0.15, 0.2) is 42.1 Å². The van der Waals surface area contributed by atoms with E-state index in [0.717, 1.165) is 31.5 Å². The van der Waals surface area contributed by atoms with Crippen LogP contribution in [0.2, 0.25) is 0 Å². The van der Waals surface area contributed by atoms with Gasteiger partial charge in [-0.1, -0.05) is 23.8 Å². The Labute approximate surface area is 187 Å². The Kier molecular flexibility index (Phi) is 7.13. The largest absolute Gasteiger partial charge is 0.491 e. The molecule has 3 rings (SSSR count). The molecule has 1 fully saturated rings. The smallest absolute Gasteiger partial charge is 0.436 e. The number of carbonyl (C=O) groups is 1. The van der Waals surface area contributed by atoms with Crippen LogP contribution < -0.4 is 9.47 Å². The number of nitrogens with zero attached hydrogens (tertiary/aromatic N) is 2. The van der Waals surface area contributed by atoms with Gasteiger partial charge in [0, 0.05) is 41.5 Å². The normalized spacial score (nSPS) is 15.4. The van der Waals surface area contributed by atoms with Crippen molar-refractivity contribution in [3.63, 3.8) is 0 Å². The lowest BCUT2D eigenvalue weighted by Gasteiger charge is -2.22. The summed E-state index contributed by atoms with van der Waals surface area (Å²) < 4.78 is 88.0. The van der Waals surface area contributed by atoms with E-state index < -0.39 is 35.5 Å². The van der Waals surface area contributed by atoms with Crippen LogP contribution in [0, 0.1) is 0 Å². The number of aromatic nitrogens is 1. The van der Waals surface area contributed by atoms with Gasteiger partial charge in [0.05, 0.1) is 5.56 Å². The summed E-state index contributed by atoms with van der Waals surface area (Å²) in [6, 6.07) is 6.59. The Balaban J connectivity index is 1.87. The highest BCUT2D eigenvalue weighted by molar-refractivity contribution is 9.07. The van der Waals surface area contributed by atoms with Gasteiger partial charge < -0.3 is 9.47 Å². The molecule has 1 aliphatic heterocycles. The average Bonchev–Trinajstić information content (AvgIpc) is 2.70. The zero-order chi connectivity index (χ0) is 23.5. The van der Waals surface area contributed by atoms with E-state index in [9.17, 15) is 31.1 Å². The predicted octanol–water partition coefficient (Wildman–Crippen LogP) is 6.15. The maximum Gasteiger partial charge on any atom is 0.491 e. The molecule has 172 valence electrons. The molecular weight excluding hydrogens is 510 g/mol. The number of halogens is 7. The minimum absolute atomic E-state index is 0.0915. The third-order valence-corrected chi connectivity index (χ3v) is 5.08. The fourth-order valence-electron chi connectivity index (χ4n) is 2.82. The van der Waals surface area contributed by atoms with Crippen LogP contribution in [0.25, 0.3) is 6.08 Å². The number of alkyl halides is 6. The first-order valence-corrected chi connectivity index (χ1v) is 9.87. The Hall–Kier alpha value is -2.60. The molecule has 0 radical (unpaired) electrons. The number of pyridine rings is 1. The van der Waals surface area contributed by atoms with Crippen LogP contribution in [0.3, 0.4) is 0 Å². The van der Waals surface area contributed by atoms with Crippen molar-refractivity contribution < 1.29 is 40.6 Å². The van der Waals surface area contributed by atoms with E-state index in [1.54, 1.807) is 18.2 Å². The first-order valence-electron chi connectivity index (χ1n) is 9.16. The monoisotopic (exact) mass is 524 g/mol. The molecule has 1 aromatic carbocycles. The summed E-state index contributed by atoms with van der Waals surface area (Å²) >= 11 is 3.41. The van der Waals surface area contributed by atoms with Crippen molar-refractivity contribution in [3.8, 4) is 17.4 Å². The van der Waals surface area contributed by atoms with Crippen molar-refractivity contribution in [1.29, 1.82) is 0 Å². The van der Waals surface area contributed by atoms with Gasteiger partial charge in [0.15, 0.2) is 5.75 Å². The number of ether oxygens (including phenoxy) is 2. The van der Waals surface area contributed by atoms with E-state index in [4.69, 9.17) is 4.74 Å². The molecule has 0 atom stereocenters. The number of benzene rings is 1. The summed E-state index contributed by atoms with van der Waals surface area (Å²) in [5, 5.41) is 0. The van der Waals surface area contributed by atoms with Gasteiger partial charge in [0.25, 0.3) is 5.88 Å². The molecule has 2 heterocycles. The van der Waals surface area contributed by atoms with Crippen LogP contribution in [-0.2, 0) is 11.0 Å². The van der Waals surface area contributed by atoms with E-state index in [-0.39, 0.29) is 11.8 Å². The molecular formula is C20H15BrF6N2O3. The highest BCUT2D eigenvalue weighted by Crippen LogP contribution is 2.37. The number of esters is 1. The summed E-state index contributed by atoms with van der Waals surface area (Å²) in [6.45, 7) is 1.65. The molecule has 0 aliphatic carbocycles. The molecule has 0 spiro atoms. The summed E-state index contributed by atoms with van der Waals surface area (Å²) in [4.78, 5) is 14.6. The van der Waals surface area contributed by atoms with Crippen molar-refractivity contribution in [2.24, 2.45) is 0 Å². The molecule has 1 saturated heterocycles. The average molecular weight is 525 g/mol. The molecule has 0 N–H and O–H groups in total. The summed E-state index contributed by atoms with van der Waals surface area (Å²) in [7, 11) is 0. The maximum atomic E-state index is 12.9. The molecule has 0 saturated carbocycles. The SMILES string of the molecule is O=C(Oc1cc(C(F)(F)F)cnc1Oc1cccc(C=C2CCN(Br)CC2)c1)C(F)(F)F. The summed E-state index contributed by atoms with van der Waals surface area (Å²) in [5.74, 6) is -4.42. The van der Waals surface area contributed by atoms with Crippen molar-refractivity contribution in [3.05, 3.63) is 53.2 Å². The molecule has 5 nitrogen and oxygen atoms in total.